The fourth-order valence-corrected chi connectivity index (χ4v) is 1.66. The van der Waals surface area contributed by atoms with Gasteiger partial charge in [-0.3, -0.25) is 4.79 Å². The van der Waals surface area contributed by atoms with Crippen molar-refractivity contribution in [2.45, 2.75) is 25.3 Å². The molecule has 68 valence electrons. The Kier molecular flexibility index (Phi) is 2.92. The van der Waals surface area contributed by atoms with E-state index in [0.29, 0.717) is 6.54 Å². The fraction of sp³-hybridized carbons (Fsp3) is 0.714. The third kappa shape index (κ3) is 2.11. The Morgan fingerprint density at radius 2 is 2.25 bits per heavy atom. The molecule has 0 spiro atoms. The molecule has 1 heterocycles. The molecule has 0 aromatic carbocycles. The van der Waals surface area contributed by atoms with Crippen molar-refractivity contribution in [3.63, 3.8) is 0 Å². The first-order valence-corrected chi connectivity index (χ1v) is 4.17. The van der Waals surface area contributed by atoms with Crippen LogP contribution in [0.2, 0.25) is 0 Å². The maximum absolute atomic E-state index is 10.6. The average molecular weight is 192 g/mol. The molecule has 0 aromatic heterocycles. The number of amides is 1. The zero-order valence-electron chi connectivity index (χ0n) is 6.49. The molecule has 1 unspecified atom stereocenters. The van der Waals surface area contributed by atoms with Gasteiger partial charge < -0.3 is 10.0 Å². The summed E-state index contributed by atoms with van der Waals surface area (Å²) in [5, 5.41) is 8.20. The number of rotatable bonds is 2. The van der Waals surface area contributed by atoms with Crippen LogP contribution in [0.25, 0.3) is 0 Å². The Morgan fingerprint density at radius 3 is 2.75 bits per heavy atom. The maximum Gasteiger partial charge on any atom is 0.407 e. The van der Waals surface area contributed by atoms with Gasteiger partial charge in [-0.2, -0.15) is 0 Å². The molecule has 1 N–H and O–H groups in total. The zero-order chi connectivity index (χ0) is 9.14. The number of carbonyl (C=O) groups is 2. The second-order valence-corrected chi connectivity index (χ2v) is 3.25. The van der Waals surface area contributed by atoms with Gasteiger partial charge in [0.15, 0.2) is 0 Å². The molecular formula is C7H10ClNO3. The summed E-state index contributed by atoms with van der Waals surface area (Å²) in [5.74, 6) is 0. The van der Waals surface area contributed by atoms with Crippen molar-refractivity contribution in [1.82, 2.24) is 4.90 Å². The van der Waals surface area contributed by atoms with E-state index in [0.717, 1.165) is 12.8 Å². The minimum atomic E-state index is -0.963. The number of carboxylic acid groups (broad SMARTS) is 1. The van der Waals surface area contributed by atoms with Crippen LogP contribution in [0.5, 0.6) is 0 Å². The highest BCUT2D eigenvalue weighted by atomic mass is 35.5. The van der Waals surface area contributed by atoms with Crippen molar-refractivity contribution < 1.29 is 14.7 Å². The van der Waals surface area contributed by atoms with Gasteiger partial charge in [-0.05, 0) is 24.4 Å². The van der Waals surface area contributed by atoms with E-state index in [2.05, 4.69) is 0 Å². The largest absolute Gasteiger partial charge is 0.465 e. The average Bonchev–Trinajstić information content (AvgIpc) is 2.33. The second-order valence-electron chi connectivity index (χ2n) is 2.83. The van der Waals surface area contributed by atoms with E-state index in [1.807, 2.05) is 0 Å². The number of halogens is 1. The van der Waals surface area contributed by atoms with Crippen molar-refractivity contribution in [3.05, 3.63) is 0 Å². The molecule has 0 aliphatic carbocycles. The van der Waals surface area contributed by atoms with Crippen molar-refractivity contribution in [3.8, 4) is 0 Å². The highest BCUT2D eigenvalue weighted by Crippen LogP contribution is 2.20. The molecule has 4 nitrogen and oxygen atoms in total. The van der Waals surface area contributed by atoms with E-state index in [-0.39, 0.29) is 12.5 Å². The normalized spacial score (nSPS) is 22.8. The standard InChI is InChI=1S/C7H10ClNO3/c8-6(10)4-5-2-1-3-9(5)7(11)12/h5H,1-4H2,(H,11,12). The van der Waals surface area contributed by atoms with Crippen LogP contribution in [0.15, 0.2) is 0 Å². The Balaban J connectivity index is 2.52. The van der Waals surface area contributed by atoms with E-state index < -0.39 is 11.3 Å². The number of nitrogens with zero attached hydrogens (tertiary/aromatic N) is 1. The summed E-state index contributed by atoms with van der Waals surface area (Å²) in [7, 11) is 0. The summed E-state index contributed by atoms with van der Waals surface area (Å²) >= 11 is 5.17. The van der Waals surface area contributed by atoms with Crippen LogP contribution in [0.3, 0.4) is 0 Å². The Morgan fingerprint density at radius 1 is 1.58 bits per heavy atom. The lowest BCUT2D eigenvalue weighted by Gasteiger charge is -2.19. The van der Waals surface area contributed by atoms with E-state index in [1.54, 1.807) is 0 Å². The molecule has 1 rings (SSSR count). The first-order valence-electron chi connectivity index (χ1n) is 3.79. The van der Waals surface area contributed by atoms with Gasteiger partial charge >= 0.3 is 6.09 Å². The van der Waals surface area contributed by atoms with Crippen LogP contribution >= 0.6 is 11.6 Å². The van der Waals surface area contributed by atoms with Gasteiger partial charge in [0.25, 0.3) is 0 Å². The van der Waals surface area contributed by atoms with Crippen LogP contribution in [0, 0.1) is 0 Å². The Bertz CT molecular complexity index is 207. The maximum atomic E-state index is 10.6. The lowest BCUT2D eigenvalue weighted by molar-refractivity contribution is -0.112. The number of likely N-dealkylation sites (tertiary alicyclic amines) is 1. The van der Waals surface area contributed by atoms with Gasteiger partial charge in [-0.15, -0.1) is 0 Å². The smallest absolute Gasteiger partial charge is 0.407 e. The lowest BCUT2D eigenvalue weighted by Crippen LogP contribution is -2.35. The molecule has 0 aromatic rings. The number of carbonyl (C=O) groups excluding carboxylic acids is 1. The van der Waals surface area contributed by atoms with Gasteiger partial charge in [0.2, 0.25) is 5.24 Å². The topological polar surface area (TPSA) is 57.6 Å². The Hall–Kier alpha value is -0.770. The first-order chi connectivity index (χ1) is 5.61. The van der Waals surface area contributed by atoms with Crippen LogP contribution in [-0.4, -0.2) is 33.9 Å². The molecule has 0 saturated carbocycles. The van der Waals surface area contributed by atoms with E-state index in [1.165, 1.54) is 4.90 Å². The molecule has 0 radical (unpaired) electrons. The summed E-state index contributed by atoms with van der Waals surface area (Å²) < 4.78 is 0. The van der Waals surface area contributed by atoms with Gasteiger partial charge in [0.05, 0.1) is 0 Å². The molecule has 12 heavy (non-hydrogen) atoms. The predicted octanol–water partition coefficient (Wildman–Crippen LogP) is 1.28. The predicted molar refractivity (Wildman–Crippen MR) is 43.2 cm³/mol. The Labute approximate surface area is 75.1 Å². The van der Waals surface area contributed by atoms with Crippen LogP contribution < -0.4 is 0 Å². The highest BCUT2D eigenvalue weighted by molar-refractivity contribution is 6.63. The third-order valence-electron chi connectivity index (χ3n) is 2.02. The van der Waals surface area contributed by atoms with Crippen LogP contribution in [0.4, 0.5) is 4.79 Å². The second kappa shape index (κ2) is 3.76. The minimum Gasteiger partial charge on any atom is -0.465 e. The summed E-state index contributed by atoms with van der Waals surface area (Å²) in [6.07, 6.45) is 0.732. The van der Waals surface area contributed by atoms with Crippen LogP contribution in [0.1, 0.15) is 19.3 Å². The monoisotopic (exact) mass is 191 g/mol. The quantitative estimate of drug-likeness (QED) is 0.669. The SMILES string of the molecule is O=C(Cl)CC1CCCN1C(=O)O. The fourth-order valence-electron chi connectivity index (χ4n) is 1.49. The molecule has 5 heteroatoms. The van der Waals surface area contributed by atoms with E-state index >= 15 is 0 Å². The number of hydrogen-bond donors (Lipinski definition) is 1. The summed E-state index contributed by atoms with van der Waals surface area (Å²) in [5.41, 5.74) is 0. The van der Waals surface area contributed by atoms with E-state index in [4.69, 9.17) is 16.7 Å². The molecule has 1 atom stereocenters. The number of hydrogen-bond acceptors (Lipinski definition) is 2. The molecule has 1 fully saturated rings. The minimum absolute atomic E-state index is 0.133. The van der Waals surface area contributed by atoms with Crippen molar-refractivity contribution in [2.24, 2.45) is 0 Å². The molecule has 1 saturated heterocycles. The van der Waals surface area contributed by atoms with Crippen LogP contribution in [-0.2, 0) is 4.79 Å². The summed E-state index contributed by atoms with van der Waals surface area (Å²) in [4.78, 5) is 22.4. The molecule has 1 aliphatic rings. The lowest BCUT2D eigenvalue weighted by atomic mass is 10.2. The molecular weight excluding hydrogens is 182 g/mol. The van der Waals surface area contributed by atoms with E-state index in [9.17, 15) is 9.59 Å². The third-order valence-corrected chi connectivity index (χ3v) is 2.17. The molecule has 1 amide bonds. The van der Waals surface area contributed by atoms with Gasteiger partial charge in [0, 0.05) is 19.0 Å². The zero-order valence-corrected chi connectivity index (χ0v) is 7.25. The first kappa shape index (κ1) is 9.32. The van der Waals surface area contributed by atoms with Gasteiger partial charge in [-0.25, -0.2) is 4.79 Å². The molecule has 1 aliphatic heterocycles. The highest BCUT2D eigenvalue weighted by Gasteiger charge is 2.29. The molecule has 0 bridgehead atoms. The summed E-state index contributed by atoms with van der Waals surface area (Å²) in [6.45, 7) is 0.518. The van der Waals surface area contributed by atoms with Gasteiger partial charge in [0.1, 0.15) is 0 Å². The van der Waals surface area contributed by atoms with Crippen molar-refractivity contribution in [1.29, 1.82) is 0 Å². The van der Waals surface area contributed by atoms with Gasteiger partial charge in [-0.1, -0.05) is 0 Å². The van der Waals surface area contributed by atoms with Crippen molar-refractivity contribution in [2.75, 3.05) is 6.54 Å². The summed E-state index contributed by atoms with van der Waals surface area (Å²) in [6, 6.07) is -0.201. The van der Waals surface area contributed by atoms with Crippen molar-refractivity contribution >= 4 is 22.9 Å².